The molecule has 146 valence electrons. The summed E-state index contributed by atoms with van der Waals surface area (Å²) in [6.45, 7) is 7.44. The first-order valence-electron chi connectivity index (χ1n) is 9.95. The van der Waals surface area contributed by atoms with Crippen LogP contribution >= 0.6 is 0 Å². The first-order chi connectivity index (χ1) is 12.0. The van der Waals surface area contributed by atoms with E-state index in [1.165, 1.54) is 43.4 Å². The van der Waals surface area contributed by atoms with E-state index in [0.29, 0.717) is 13.3 Å². The first kappa shape index (κ1) is 21.9. The van der Waals surface area contributed by atoms with E-state index in [4.69, 9.17) is 0 Å². The van der Waals surface area contributed by atoms with Crippen LogP contribution in [-0.4, -0.2) is 78.6 Å². The topological polar surface area (TPSA) is 47.1 Å². The minimum atomic E-state index is -0.147. The molecule has 0 aromatic heterocycles. The van der Waals surface area contributed by atoms with E-state index < -0.39 is 0 Å². The van der Waals surface area contributed by atoms with Crippen molar-refractivity contribution in [3.05, 3.63) is 0 Å². The highest BCUT2D eigenvalue weighted by Gasteiger charge is 2.36. The Morgan fingerprint density at radius 3 is 1.84 bits per heavy atom. The van der Waals surface area contributed by atoms with Crippen LogP contribution in [0.4, 0.5) is 4.79 Å². The Hall–Kier alpha value is -1.14. The van der Waals surface area contributed by atoms with Gasteiger partial charge in [-0.1, -0.05) is 52.4 Å². The number of amides is 3. The van der Waals surface area contributed by atoms with Crippen LogP contribution in [0.2, 0.25) is 0 Å². The summed E-state index contributed by atoms with van der Waals surface area (Å²) in [5.41, 5.74) is 0. The molecule has 0 radical (unpaired) electrons. The van der Waals surface area contributed by atoms with E-state index >= 15 is 0 Å². The van der Waals surface area contributed by atoms with Crippen molar-refractivity contribution in [1.82, 2.24) is 19.6 Å². The Balaban J connectivity index is 2.34. The molecule has 0 atom stereocenters. The van der Waals surface area contributed by atoms with E-state index in [1.807, 2.05) is 14.1 Å². The van der Waals surface area contributed by atoms with Crippen molar-refractivity contribution in [2.75, 3.05) is 47.1 Å². The van der Waals surface area contributed by atoms with Crippen molar-refractivity contribution >= 4 is 11.9 Å². The van der Waals surface area contributed by atoms with Crippen molar-refractivity contribution in [3.8, 4) is 0 Å². The van der Waals surface area contributed by atoms with Gasteiger partial charge in [0.1, 0.15) is 6.54 Å². The zero-order valence-electron chi connectivity index (χ0n) is 16.8. The highest BCUT2D eigenvalue weighted by molar-refractivity contribution is 6.01. The number of hydrogen-bond donors (Lipinski definition) is 0. The standard InChI is InChI=1S/C19H38N4O2/c1-5-7-9-11-13-20(3)16-22-15-18(24)23(19(22)25)17-21(4)14-12-10-8-6-2/h5-17H2,1-4H3. The third kappa shape index (κ3) is 8.19. The van der Waals surface area contributed by atoms with Crippen LogP contribution in [0.5, 0.6) is 0 Å². The van der Waals surface area contributed by atoms with E-state index in [1.54, 1.807) is 4.90 Å². The lowest BCUT2D eigenvalue weighted by Crippen LogP contribution is -2.43. The van der Waals surface area contributed by atoms with E-state index in [9.17, 15) is 9.59 Å². The summed E-state index contributed by atoms with van der Waals surface area (Å²) in [5, 5.41) is 0. The minimum Gasteiger partial charge on any atom is -0.302 e. The van der Waals surface area contributed by atoms with Crippen molar-refractivity contribution in [2.45, 2.75) is 65.2 Å². The van der Waals surface area contributed by atoms with Gasteiger partial charge in [-0.25, -0.2) is 9.69 Å². The smallest absolute Gasteiger partial charge is 0.302 e. The normalized spacial score (nSPS) is 15.3. The van der Waals surface area contributed by atoms with Crippen LogP contribution < -0.4 is 0 Å². The summed E-state index contributed by atoms with van der Waals surface area (Å²) >= 11 is 0. The van der Waals surface area contributed by atoms with Gasteiger partial charge in [-0.2, -0.15) is 0 Å². The molecule has 0 unspecified atom stereocenters. The van der Waals surface area contributed by atoms with Gasteiger partial charge in [-0.15, -0.1) is 0 Å². The van der Waals surface area contributed by atoms with Gasteiger partial charge >= 0.3 is 6.03 Å². The number of rotatable bonds is 14. The summed E-state index contributed by atoms with van der Waals surface area (Å²) in [7, 11) is 4.00. The highest BCUT2D eigenvalue weighted by atomic mass is 16.2. The van der Waals surface area contributed by atoms with Gasteiger partial charge in [0.25, 0.3) is 5.91 Å². The van der Waals surface area contributed by atoms with Gasteiger partial charge in [0.15, 0.2) is 0 Å². The first-order valence-corrected chi connectivity index (χ1v) is 9.95. The Morgan fingerprint density at radius 2 is 1.32 bits per heavy atom. The molecule has 0 aromatic carbocycles. The third-order valence-electron chi connectivity index (χ3n) is 4.71. The lowest BCUT2D eigenvalue weighted by Gasteiger charge is -2.25. The monoisotopic (exact) mass is 354 g/mol. The predicted molar refractivity (Wildman–Crippen MR) is 102 cm³/mol. The maximum absolute atomic E-state index is 12.5. The van der Waals surface area contributed by atoms with Crippen LogP contribution in [0, 0.1) is 0 Å². The summed E-state index contributed by atoms with van der Waals surface area (Å²) in [4.78, 5) is 32.0. The summed E-state index contributed by atoms with van der Waals surface area (Å²) < 4.78 is 0. The van der Waals surface area contributed by atoms with Crippen molar-refractivity contribution in [1.29, 1.82) is 0 Å². The maximum atomic E-state index is 12.5. The third-order valence-corrected chi connectivity index (χ3v) is 4.71. The number of unbranched alkanes of at least 4 members (excludes halogenated alkanes) is 6. The average Bonchev–Trinajstić information content (AvgIpc) is 2.83. The quantitative estimate of drug-likeness (QED) is 0.355. The molecule has 25 heavy (non-hydrogen) atoms. The molecule has 1 fully saturated rings. The molecule has 1 saturated heterocycles. The van der Waals surface area contributed by atoms with Crippen LogP contribution in [0.3, 0.4) is 0 Å². The lowest BCUT2D eigenvalue weighted by atomic mass is 10.2. The minimum absolute atomic E-state index is 0.0789. The van der Waals surface area contributed by atoms with E-state index in [2.05, 4.69) is 23.6 Å². The van der Waals surface area contributed by atoms with Crippen molar-refractivity contribution < 1.29 is 9.59 Å². The number of hydrogen-bond acceptors (Lipinski definition) is 4. The van der Waals surface area contributed by atoms with E-state index in [0.717, 1.165) is 25.9 Å². The Labute approximate surface area is 154 Å². The number of imide groups is 1. The SMILES string of the molecule is CCCCCCN(C)CN1CC(=O)N(CN(C)CCCCCC)C1=O. The molecule has 1 heterocycles. The molecular weight excluding hydrogens is 316 g/mol. The molecule has 0 bridgehead atoms. The second kappa shape index (κ2) is 12.3. The van der Waals surface area contributed by atoms with Crippen LogP contribution in [-0.2, 0) is 4.79 Å². The van der Waals surface area contributed by atoms with Crippen LogP contribution in [0.1, 0.15) is 65.2 Å². The van der Waals surface area contributed by atoms with Gasteiger partial charge in [-0.3, -0.25) is 14.6 Å². The fourth-order valence-corrected chi connectivity index (χ4v) is 3.13. The molecule has 6 nitrogen and oxygen atoms in total. The molecule has 0 aromatic rings. The molecule has 1 aliphatic rings. The molecule has 0 N–H and O–H groups in total. The number of carbonyl (C=O) groups excluding carboxylic acids is 2. The second-order valence-corrected chi connectivity index (χ2v) is 7.37. The lowest BCUT2D eigenvalue weighted by molar-refractivity contribution is -0.126. The van der Waals surface area contributed by atoms with Crippen molar-refractivity contribution in [2.24, 2.45) is 0 Å². The highest BCUT2D eigenvalue weighted by Crippen LogP contribution is 2.12. The van der Waals surface area contributed by atoms with Gasteiger partial charge in [0.2, 0.25) is 0 Å². The van der Waals surface area contributed by atoms with Gasteiger partial charge in [0.05, 0.1) is 13.3 Å². The number of nitrogens with zero attached hydrogens (tertiary/aromatic N) is 4. The largest absolute Gasteiger partial charge is 0.329 e. The Morgan fingerprint density at radius 1 is 0.800 bits per heavy atom. The molecule has 3 amide bonds. The van der Waals surface area contributed by atoms with Crippen LogP contribution in [0.15, 0.2) is 0 Å². The Kier molecular flexibility index (Phi) is 10.7. The number of carbonyl (C=O) groups is 2. The number of urea groups is 1. The molecule has 6 heteroatoms. The Bertz CT molecular complexity index is 403. The molecule has 1 aliphatic heterocycles. The summed E-state index contributed by atoms with van der Waals surface area (Å²) in [6, 6.07) is -0.147. The predicted octanol–water partition coefficient (Wildman–Crippen LogP) is 3.19. The van der Waals surface area contributed by atoms with Crippen molar-refractivity contribution in [3.63, 3.8) is 0 Å². The average molecular weight is 355 g/mol. The zero-order chi connectivity index (χ0) is 18.7. The van der Waals surface area contributed by atoms with E-state index in [-0.39, 0.29) is 18.5 Å². The summed E-state index contributed by atoms with van der Waals surface area (Å²) in [6.07, 6.45) is 9.63. The molecular formula is C19H38N4O2. The molecule has 0 saturated carbocycles. The second-order valence-electron chi connectivity index (χ2n) is 7.37. The molecule has 0 spiro atoms. The fraction of sp³-hybridized carbons (Fsp3) is 0.895. The molecule has 1 rings (SSSR count). The molecule has 0 aliphatic carbocycles. The maximum Gasteiger partial charge on any atom is 0.329 e. The zero-order valence-corrected chi connectivity index (χ0v) is 16.8. The van der Waals surface area contributed by atoms with Gasteiger partial charge in [0, 0.05) is 0 Å². The van der Waals surface area contributed by atoms with Gasteiger partial charge in [-0.05, 0) is 40.0 Å². The van der Waals surface area contributed by atoms with Crippen LogP contribution in [0.25, 0.3) is 0 Å². The summed E-state index contributed by atoms with van der Waals surface area (Å²) in [5.74, 6) is -0.0789. The fourth-order valence-electron chi connectivity index (χ4n) is 3.13. The van der Waals surface area contributed by atoms with Gasteiger partial charge < -0.3 is 4.90 Å².